The standard InChI is InChI=1S/C9H9F5N2OS/c1-5-6(18-4-15-5)3-16(2)7(17)8(10,11)9(12,13)14/h4H,3H2,1-2H3. The van der Waals surface area contributed by atoms with Crippen LogP contribution in [0.4, 0.5) is 22.0 Å². The van der Waals surface area contributed by atoms with E-state index in [-0.39, 0.29) is 6.54 Å². The van der Waals surface area contributed by atoms with Crippen LogP contribution in [0.15, 0.2) is 5.51 Å². The first kappa shape index (κ1) is 14.8. The van der Waals surface area contributed by atoms with Gasteiger partial charge in [-0.1, -0.05) is 0 Å². The van der Waals surface area contributed by atoms with Gasteiger partial charge in [-0.25, -0.2) is 4.98 Å². The van der Waals surface area contributed by atoms with Crippen molar-refractivity contribution in [2.45, 2.75) is 25.6 Å². The fraction of sp³-hybridized carbons (Fsp3) is 0.556. The second kappa shape index (κ2) is 4.79. The highest BCUT2D eigenvalue weighted by molar-refractivity contribution is 7.09. The van der Waals surface area contributed by atoms with Gasteiger partial charge in [0, 0.05) is 11.9 Å². The molecule has 0 radical (unpaired) electrons. The van der Waals surface area contributed by atoms with E-state index in [0.29, 0.717) is 15.5 Å². The van der Waals surface area contributed by atoms with E-state index in [4.69, 9.17) is 0 Å². The Morgan fingerprint density at radius 1 is 1.39 bits per heavy atom. The van der Waals surface area contributed by atoms with Gasteiger partial charge in [-0.2, -0.15) is 22.0 Å². The van der Waals surface area contributed by atoms with Crippen molar-refractivity contribution in [2.75, 3.05) is 7.05 Å². The third-order valence-electron chi connectivity index (χ3n) is 2.20. The molecule has 18 heavy (non-hydrogen) atoms. The molecule has 1 aromatic heterocycles. The topological polar surface area (TPSA) is 33.2 Å². The fourth-order valence-corrected chi connectivity index (χ4v) is 1.96. The van der Waals surface area contributed by atoms with Gasteiger partial charge in [-0.05, 0) is 6.92 Å². The second-order valence-electron chi connectivity index (χ2n) is 3.59. The molecule has 0 unspecified atom stereocenters. The number of rotatable bonds is 3. The summed E-state index contributed by atoms with van der Waals surface area (Å²) in [6, 6.07) is 0. The minimum atomic E-state index is -5.89. The monoisotopic (exact) mass is 288 g/mol. The minimum absolute atomic E-state index is 0.332. The summed E-state index contributed by atoms with van der Waals surface area (Å²) in [5.41, 5.74) is 1.92. The lowest BCUT2D eigenvalue weighted by Gasteiger charge is -2.24. The number of amides is 1. The van der Waals surface area contributed by atoms with Crippen molar-refractivity contribution in [3.63, 3.8) is 0 Å². The van der Waals surface area contributed by atoms with Gasteiger partial charge in [-0.3, -0.25) is 4.79 Å². The Kier molecular flexibility index (Phi) is 3.94. The second-order valence-corrected chi connectivity index (χ2v) is 4.53. The number of aromatic nitrogens is 1. The number of alkyl halides is 5. The Bertz CT molecular complexity index is 442. The molecule has 0 aliphatic heterocycles. The molecular weight excluding hydrogens is 279 g/mol. The Morgan fingerprint density at radius 2 is 1.94 bits per heavy atom. The Morgan fingerprint density at radius 3 is 2.33 bits per heavy atom. The van der Waals surface area contributed by atoms with Crippen LogP contribution < -0.4 is 0 Å². The number of carbonyl (C=O) groups excluding carboxylic acids is 1. The normalized spacial score (nSPS) is 12.6. The molecule has 1 rings (SSSR count). The van der Waals surface area contributed by atoms with Gasteiger partial charge in [0.15, 0.2) is 0 Å². The molecule has 0 atom stereocenters. The molecule has 1 amide bonds. The third kappa shape index (κ3) is 2.77. The van der Waals surface area contributed by atoms with Crippen molar-refractivity contribution in [2.24, 2.45) is 0 Å². The lowest BCUT2D eigenvalue weighted by Crippen LogP contribution is -2.50. The fourth-order valence-electron chi connectivity index (χ4n) is 1.13. The Labute approximate surface area is 103 Å². The van der Waals surface area contributed by atoms with Crippen LogP contribution in [0.3, 0.4) is 0 Å². The molecule has 1 heterocycles. The molecule has 0 N–H and O–H groups in total. The molecule has 0 aliphatic rings. The summed E-state index contributed by atoms with van der Waals surface area (Å²) in [6.07, 6.45) is -5.89. The predicted molar refractivity (Wildman–Crippen MR) is 54.3 cm³/mol. The van der Waals surface area contributed by atoms with Crippen molar-refractivity contribution < 1.29 is 26.7 Å². The van der Waals surface area contributed by atoms with Crippen molar-refractivity contribution in [1.29, 1.82) is 0 Å². The van der Waals surface area contributed by atoms with Crippen LogP contribution in [0.25, 0.3) is 0 Å². The van der Waals surface area contributed by atoms with E-state index in [9.17, 15) is 26.7 Å². The zero-order valence-electron chi connectivity index (χ0n) is 9.39. The average molecular weight is 288 g/mol. The highest BCUT2D eigenvalue weighted by Gasteiger charge is 2.64. The summed E-state index contributed by atoms with van der Waals surface area (Å²) in [6.45, 7) is 1.24. The first-order chi connectivity index (χ1) is 8.07. The molecular formula is C9H9F5N2OS. The van der Waals surface area contributed by atoms with Gasteiger partial charge in [0.25, 0.3) is 0 Å². The Balaban J connectivity index is 2.83. The number of thiazole rings is 1. The van der Waals surface area contributed by atoms with E-state index in [1.807, 2.05) is 0 Å². The van der Waals surface area contributed by atoms with Crippen LogP contribution in [-0.4, -0.2) is 34.9 Å². The number of nitrogens with zero attached hydrogens (tertiary/aromatic N) is 2. The molecule has 0 aliphatic carbocycles. The third-order valence-corrected chi connectivity index (χ3v) is 3.12. The zero-order chi connectivity index (χ0) is 14.1. The molecule has 1 aromatic rings. The molecule has 0 fully saturated rings. The van der Waals surface area contributed by atoms with Gasteiger partial charge in [0.2, 0.25) is 0 Å². The maximum Gasteiger partial charge on any atom is 0.463 e. The lowest BCUT2D eigenvalue weighted by molar-refractivity contribution is -0.274. The van der Waals surface area contributed by atoms with E-state index in [0.717, 1.165) is 18.4 Å². The van der Waals surface area contributed by atoms with Crippen LogP contribution in [-0.2, 0) is 11.3 Å². The quantitative estimate of drug-likeness (QED) is 0.801. The summed E-state index contributed by atoms with van der Waals surface area (Å²) in [5, 5.41) is 0. The Hall–Kier alpha value is -1.25. The first-order valence-electron chi connectivity index (χ1n) is 4.66. The highest BCUT2D eigenvalue weighted by Crippen LogP contribution is 2.37. The van der Waals surface area contributed by atoms with Crippen molar-refractivity contribution in [3.8, 4) is 0 Å². The summed E-state index contributed by atoms with van der Waals surface area (Å²) in [4.78, 5) is 15.7. The molecule has 0 saturated carbocycles. The SMILES string of the molecule is Cc1ncsc1CN(C)C(=O)C(F)(F)C(F)(F)F. The van der Waals surface area contributed by atoms with Crippen molar-refractivity contribution >= 4 is 17.2 Å². The van der Waals surface area contributed by atoms with Gasteiger partial charge >= 0.3 is 18.0 Å². The van der Waals surface area contributed by atoms with E-state index in [1.165, 1.54) is 5.51 Å². The molecule has 9 heteroatoms. The van der Waals surface area contributed by atoms with E-state index in [1.54, 1.807) is 6.92 Å². The highest BCUT2D eigenvalue weighted by atomic mass is 32.1. The maximum absolute atomic E-state index is 12.8. The van der Waals surface area contributed by atoms with Crippen LogP contribution in [0.2, 0.25) is 0 Å². The van der Waals surface area contributed by atoms with Gasteiger partial charge in [-0.15, -0.1) is 11.3 Å². The number of hydrogen-bond donors (Lipinski definition) is 0. The smallest absolute Gasteiger partial charge is 0.335 e. The van der Waals surface area contributed by atoms with Gasteiger partial charge < -0.3 is 4.90 Å². The molecule has 0 spiro atoms. The number of aryl methyl sites for hydroxylation is 1. The number of hydrogen-bond acceptors (Lipinski definition) is 3. The van der Waals surface area contributed by atoms with Crippen molar-refractivity contribution in [3.05, 3.63) is 16.1 Å². The largest absolute Gasteiger partial charge is 0.463 e. The summed E-state index contributed by atoms with van der Waals surface area (Å²) in [5.74, 6) is -7.65. The summed E-state index contributed by atoms with van der Waals surface area (Å²) >= 11 is 1.08. The molecule has 0 saturated heterocycles. The molecule has 102 valence electrons. The molecule has 0 aromatic carbocycles. The predicted octanol–water partition coefficient (Wildman–Crippen LogP) is 2.61. The van der Waals surface area contributed by atoms with Gasteiger partial charge in [0.1, 0.15) is 0 Å². The number of halogens is 5. The van der Waals surface area contributed by atoms with Crippen LogP contribution >= 0.6 is 11.3 Å². The summed E-state index contributed by atoms with van der Waals surface area (Å²) < 4.78 is 61.5. The zero-order valence-corrected chi connectivity index (χ0v) is 10.2. The molecule has 3 nitrogen and oxygen atoms in total. The first-order valence-corrected chi connectivity index (χ1v) is 5.54. The lowest BCUT2D eigenvalue weighted by atomic mass is 10.2. The van der Waals surface area contributed by atoms with E-state index in [2.05, 4.69) is 4.98 Å². The van der Waals surface area contributed by atoms with Crippen LogP contribution in [0.1, 0.15) is 10.6 Å². The maximum atomic E-state index is 12.8. The van der Waals surface area contributed by atoms with E-state index >= 15 is 0 Å². The average Bonchev–Trinajstić information content (AvgIpc) is 2.61. The van der Waals surface area contributed by atoms with Crippen molar-refractivity contribution in [1.82, 2.24) is 9.88 Å². The molecule has 0 bridgehead atoms. The van der Waals surface area contributed by atoms with Crippen LogP contribution in [0.5, 0.6) is 0 Å². The van der Waals surface area contributed by atoms with Crippen LogP contribution in [0, 0.1) is 6.92 Å². The minimum Gasteiger partial charge on any atom is -0.335 e. The van der Waals surface area contributed by atoms with E-state index < -0.39 is 18.0 Å². The number of carbonyl (C=O) groups is 1. The van der Waals surface area contributed by atoms with Gasteiger partial charge in [0.05, 0.1) is 17.7 Å². The summed E-state index contributed by atoms with van der Waals surface area (Å²) in [7, 11) is 0.890.